The Bertz CT molecular complexity index is 862. The maximum atomic E-state index is 13.9. The summed E-state index contributed by atoms with van der Waals surface area (Å²) < 4.78 is 19.8. The van der Waals surface area contributed by atoms with Crippen molar-refractivity contribution in [3.63, 3.8) is 0 Å². The molecule has 0 aliphatic carbocycles. The van der Waals surface area contributed by atoms with Gasteiger partial charge in [0.2, 0.25) is 0 Å². The van der Waals surface area contributed by atoms with Crippen LogP contribution in [0.4, 0.5) is 4.39 Å². The molecule has 5 nitrogen and oxygen atoms in total. The van der Waals surface area contributed by atoms with Crippen molar-refractivity contribution in [1.29, 1.82) is 5.26 Å². The van der Waals surface area contributed by atoms with Gasteiger partial charge in [-0.05, 0) is 50.6 Å². The van der Waals surface area contributed by atoms with E-state index in [2.05, 4.69) is 15.6 Å². The highest BCUT2D eigenvalue weighted by atomic mass is 127. The number of aryl methyl sites for hydroxylation is 1. The van der Waals surface area contributed by atoms with Crippen molar-refractivity contribution in [2.75, 3.05) is 7.05 Å². The number of nitrogens with one attached hydrogen (secondary N) is 2. The number of benzene rings is 2. The fraction of sp³-hybridized carbons (Fsp3) is 0.333. The minimum Gasteiger partial charge on any atom is -0.491 e. The molecule has 150 valence electrons. The summed E-state index contributed by atoms with van der Waals surface area (Å²) in [6.07, 6.45) is 0.0818. The second-order valence-corrected chi connectivity index (χ2v) is 6.48. The number of nitrogens with zero attached hydrogens (tertiary/aromatic N) is 2. The third-order valence-corrected chi connectivity index (χ3v) is 3.88. The van der Waals surface area contributed by atoms with Gasteiger partial charge in [-0.15, -0.1) is 24.0 Å². The van der Waals surface area contributed by atoms with E-state index >= 15 is 0 Å². The van der Waals surface area contributed by atoms with Crippen molar-refractivity contribution < 1.29 is 9.13 Å². The Morgan fingerprint density at radius 3 is 2.43 bits per heavy atom. The predicted octanol–water partition coefficient (Wildman–Crippen LogP) is 4.28. The molecule has 0 bridgehead atoms. The van der Waals surface area contributed by atoms with Gasteiger partial charge in [0.25, 0.3) is 0 Å². The van der Waals surface area contributed by atoms with Gasteiger partial charge in [0.05, 0.1) is 17.7 Å². The van der Waals surface area contributed by atoms with Crippen LogP contribution < -0.4 is 15.4 Å². The third-order valence-electron chi connectivity index (χ3n) is 3.88. The van der Waals surface area contributed by atoms with Gasteiger partial charge in [-0.1, -0.05) is 12.1 Å². The van der Waals surface area contributed by atoms with Gasteiger partial charge >= 0.3 is 0 Å². The average molecular weight is 496 g/mol. The molecule has 2 aromatic carbocycles. The molecular weight excluding hydrogens is 470 g/mol. The lowest BCUT2D eigenvalue weighted by Gasteiger charge is -2.17. The first kappa shape index (κ1) is 23.7. The molecule has 2 rings (SSSR count). The minimum atomic E-state index is -0.358. The lowest BCUT2D eigenvalue weighted by Crippen LogP contribution is -2.36. The molecule has 28 heavy (non-hydrogen) atoms. The Morgan fingerprint density at radius 2 is 1.82 bits per heavy atom. The molecule has 7 heteroatoms. The smallest absolute Gasteiger partial charge is 0.191 e. The molecule has 0 fully saturated rings. The zero-order valence-electron chi connectivity index (χ0n) is 16.5. The van der Waals surface area contributed by atoms with Crippen LogP contribution in [0.2, 0.25) is 0 Å². The Kier molecular flexibility index (Phi) is 9.73. The van der Waals surface area contributed by atoms with Crippen LogP contribution in [0.25, 0.3) is 0 Å². The van der Waals surface area contributed by atoms with E-state index in [0.29, 0.717) is 23.6 Å². The first-order chi connectivity index (χ1) is 12.9. The Labute approximate surface area is 183 Å². The molecule has 2 aromatic rings. The van der Waals surface area contributed by atoms with Gasteiger partial charge in [0, 0.05) is 31.3 Å². The fourth-order valence-electron chi connectivity index (χ4n) is 2.53. The molecule has 0 unspecified atom stereocenters. The monoisotopic (exact) mass is 496 g/mol. The number of nitriles is 1. The van der Waals surface area contributed by atoms with Gasteiger partial charge in [-0.2, -0.15) is 5.26 Å². The third kappa shape index (κ3) is 7.00. The Hall–Kier alpha value is -2.34. The molecule has 0 saturated carbocycles. The maximum Gasteiger partial charge on any atom is 0.191 e. The first-order valence-electron chi connectivity index (χ1n) is 8.82. The summed E-state index contributed by atoms with van der Waals surface area (Å²) in [4.78, 5) is 4.16. The normalized spacial score (nSPS) is 10.8. The maximum absolute atomic E-state index is 13.9. The zero-order chi connectivity index (χ0) is 19.8. The van der Waals surface area contributed by atoms with Crippen LogP contribution in [0.1, 0.15) is 36.1 Å². The van der Waals surface area contributed by atoms with Crippen molar-refractivity contribution in [3.8, 4) is 11.8 Å². The topological polar surface area (TPSA) is 69.4 Å². The van der Waals surface area contributed by atoms with Crippen molar-refractivity contribution >= 4 is 29.9 Å². The van der Waals surface area contributed by atoms with E-state index < -0.39 is 0 Å². The van der Waals surface area contributed by atoms with Crippen molar-refractivity contribution in [3.05, 3.63) is 64.5 Å². The molecule has 0 heterocycles. The number of aliphatic imine (C=N–C) groups is 1. The predicted molar refractivity (Wildman–Crippen MR) is 121 cm³/mol. The molecule has 2 N–H and O–H groups in total. The summed E-state index contributed by atoms with van der Waals surface area (Å²) in [5, 5.41) is 15.2. The summed E-state index contributed by atoms with van der Waals surface area (Å²) in [6, 6.07) is 12.4. The van der Waals surface area contributed by atoms with E-state index in [1.165, 1.54) is 18.2 Å². The van der Waals surface area contributed by atoms with Crippen LogP contribution in [0.15, 0.2) is 41.4 Å². The van der Waals surface area contributed by atoms with Gasteiger partial charge < -0.3 is 15.4 Å². The zero-order valence-corrected chi connectivity index (χ0v) is 18.9. The summed E-state index contributed by atoms with van der Waals surface area (Å²) >= 11 is 0. The first-order valence-corrected chi connectivity index (χ1v) is 8.82. The second-order valence-electron chi connectivity index (χ2n) is 6.48. The fourth-order valence-corrected chi connectivity index (χ4v) is 2.53. The molecule has 0 aliphatic rings. The van der Waals surface area contributed by atoms with E-state index in [-0.39, 0.29) is 42.4 Å². The Morgan fingerprint density at radius 1 is 1.14 bits per heavy atom. The van der Waals surface area contributed by atoms with Crippen LogP contribution in [0.3, 0.4) is 0 Å². The quantitative estimate of drug-likeness (QED) is 0.356. The summed E-state index contributed by atoms with van der Waals surface area (Å²) in [5.74, 6) is 1.01. The highest BCUT2D eigenvalue weighted by Crippen LogP contribution is 2.21. The highest BCUT2D eigenvalue weighted by molar-refractivity contribution is 14.0. The number of hydrogen-bond donors (Lipinski definition) is 2. The summed E-state index contributed by atoms with van der Waals surface area (Å²) in [6.45, 7) is 6.75. The van der Waals surface area contributed by atoms with Crippen molar-refractivity contribution in [2.24, 2.45) is 4.99 Å². The van der Waals surface area contributed by atoms with Crippen LogP contribution in [-0.4, -0.2) is 19.1 Å². The number of rotatable bonds is 6. The molecule has 0 spiro atoms. The molecule has 0 aromatic heterocycles. The lowest BCUT2D eigenvalue weighted by molar-refractivity contribution is 0.239. The average Bonchev–Trinajstić information content (AvgIpc) is 2.64. The molecular formula is C21H26FIN4O. The van der Waals surface area contributed by atoms with Crippen molar-refractivity contribution in [1.82, 2.24) is 10.6 Å². The van der Waals surface area contributed by atoms with E-state index in [1.54, 1.807) is 7.05 Å². The molecule has 0 radical (unpaired) electrons. The van der Waals surface area contributed by atoms with E-state index in [0.717, 1.165) is 16.9 Å². The van der Waals surface area contributed by atoms with E-state index in [1.807, 2.05) is 45.0 Å². The van der Waals surface area contributed by atoms with Gasteiger partial charge in [-0.3, -0.25) is 4.99 Å². The highest BCUT2D eigenvalue weighted by Gasteiger charge is 2.09. The lowest BCUT2D eigenvalue weighted by atomic mass is 10.1. The number of hydrogen-bond acceptors (Lipinski definition) is 3. The molecule has 0 amide bonds. The van der Waals surface area contributed by atoms with Crippen LogP contribution in [0, 0.1) is 24.1 Å². The van der Waals surface area contributed by atoms with E-state index in [4.69, 9.17) is 10.00 Å². The summed E-state index contributed by atoms with van der Waals surface area (Å²) in [5.41, 5.74) is 2.97. The number of guanidine groups is 1. The van der Waals surface area contributed by atoms with Gasteiger partial charge in [0.1, 0.15) is 11.6 Å². The van der Waals surface area contributed by atoms with E-state index in [9.17, 15) is 4.39 Å². The van der Waals surface area contributed by atoms with Gasteiger partial charge in [0.15, 0.2) is 5.96 Å². The van der Waals surface area contributed by atoms with Crippen LogP contribution in [-0.2, 0) is 13.1 Å². The molecule has 0 saturated heterocycles. The second kappa shape index (κ2) is 11.5. The SMILES string of the molecule is CN=C(NCc1cc(C#N)ccc1F)NCc1ccc(C)cc1OC(C)C.I. The molecule has 0 atom stereocenters. The minimum absolute atomic E-state index is 0. The number of halogens is 2. The van der Waals surface area contributed by atoms with Crippen LogP contribution in [0.5, 0.6) is 5.75 Å². The number of ether oxygens (including phenoxy) is 1. The largest absolute Gasteiger partial charge is 0.491 e. The standard InChI is InChI=1S/C21H25FN4O.HI/c1-14(2)27-20-9-15(3)5-7-17(20)12-25-21(24-4)26-13-18-10-16(11-23)6-8-19(18)22;/h5-10,14H,12-13H2,1-4H3,(H2,24,25,26);1H. The Balaban J connectivity index is 0.00000392. The summed E-state index contributed by atoms with van der Waals surface area (Å²) in [7, 11) is 1.65. The van der Waals surface area contributed by atoms with Crippen molar-refractivity contribution in [2.45, 2.75) is 40.0 Å². The molecule has 0 aliphatic heterocycles. The van der Waals surface area contributed by atoms with Crippen LogP contribution >= 0.6 is 24.0 Å². The van der Waals surface area contributed by atoms with Gasteiger partial charge in [-0.25, -0.2) is 4.39 Å².